The van der Waals surface area contributed by atoms with E-state index in [9.17, 15) is 13.6 Å². The van der Waals surface area contributed by atoms with Crippen molar-refractivity contribution in [2.75, 3.05) is 7.05 Å². The van der Waals surface area contributed by atoms with Crippen molar-refractivity contribution in [3.63, 3.8) is 0 Å². The molecule has 6 heteroatoms. The van der Waals surface area contributed by atoms with Crippen molar-refractivity contribution in [3.8, 4) is 0 Å². The lowest BCUT2D eigenvalue weighted by atomic mass is 10.1. The van der Waals surface area contributed by atoms with E-state index in [0.717, 1.165) is 12.1 Å². The summed E-state index contributed by atoms with van der Waals surface area (Å²) in [6.45, 7) is 0.177. The van der Waals surface area contributed by atoms with Crippen LogP contribution in [0.25, 0.3) is 0 Å². The number of benzene rings is 2. The minimum atomic E-state index is -0.928. The predicted octanol–water partition coefficient (Wildman–Crippen LogP) is 4.65. The van der Waals surface area contributed by atoms with Gasteiger partial charge in [0.15, 0.2) is 11.6 Å². The van der Waals surface area contributed by atoms with Gasteiger partial charge in [-0.15, -0.1) is 0 Å². The zero-order valence-corrected chi connectivity index (χ0v) is 13.4. The van der Waals surface area contributed by atoms with Crippen molar-refractivity contribution in [1.82, 2.24) is 4.90 Å². The minimum absolute atomic E-state index is 0.177. The molecule has 21 heavy (non-hydrogen) atoms. The van der Waals surface area contributed by atoms with Gasteiger partial charge in [0.25, 0.3) is 5.91 Å². The van der Waals surface area contributed by atoms with Crippen molar-refractivity contribution < 1.29 is 13.6 Å². The van der Waals surface area contributed by atoms with E-state index in [1.54, 1.807) is 25.2 Å². The number of rotatable bonds is 3. The van der Waals surface area contributed by atoms with E-state index in [1.807, 2.05) is 0 Å². The van der Waals surface area contributed by atoms with Gasteiger partial charge in [-0.05, 0) is 51.8 Å². The summed E-state index contributed by atoms with van der Waals surface area (Å²) in [4.78, 5) is 13.7. The lowest BCUT2D eigenvalue weighted by molar-refractivity contribution is 0.0785. The van der Waals surface area contributed by atoms with Crippen LogP contribution in [0, 0.1) is 11.6 Å². The molecule has 110 valence electrons. The van der Waals surface area contributed by atoms with E-state index in [-0.39, 0.29) is 12.5 Å². The summed E-state index contributed by atoms with van der Waals surface area (Å²) in [6.07, 6.45) is 0. The highest BCUT2D eigenvalue weighted by atomic mass is 79.9. The molecule has 0 fully saturated rings. The van der Waals surface area contributed by atoms with Crippen LogP contribution in [0.5, 0.6) is 0 Å². The van der Waals surface area contributed by atoms with Crippen molar-refractivity contribution in [2.45, 2.75) is 6.54 Å². The lowest BCUT2D eigenvalue weighted by Gasteiger charge is -2.17. The predicted molar refractivity (Wildman–Crippen MR) is 81.3 cm³/mol. The molecule has 2 aromatic carbocycles. The molecule has 0 bridgehead atoms. The van der Waals surface area contributed by atoms with Crippen LogP contribution in [0.1, 0.15) is 15.9 Å². The van der Waals surface area contributed by atoms with Gasteiger partial charge in [0.2, 0.25) is 0 Å². The summed E-state index contributed by atoms with van der Waals surface area (Å²) in [5, 5.41) is 0.509. The molecular weight excluding hydrogens is 364 g/mol. The first-order valence-corrected chi connectivity index (χ1v) is 7.20. The standard InChI is InChI=1S/C15H11BrClF2NO/c1-20(8-9-2-5-13(18)14(19)6-9)15(21)10-3-4-12(17)11(16)7-10/h2-7H,8H2,1H3. The molecule has 0 heterocycles. The number of nitrogens with zero attached hydrogens (tertiary/aromatic N) is 1. The molecule has 0 N–H and O–H groups in total. The third kappa shape index (κ3) is 3.80. The van der Waals surface area contributed by atoms with Gasteiger partial charge in [-0.2, -0.15) is 0 Å². The fraction of sp³-hybridized carbons (Fsp3) is 0.133. The summed E-state index contributed by atoms with van der Waals surface area (Å²) >= 11 is 9.13. The Bertz CT molecular complexity index is 693. The van der Waals surface area contributed by atoms with Crippen LogP contribution in [0.2, 0.25) is 5.02 Å². The van der Waals surface area contributed by atoms with Gasteiger partial charge in [0, 0.05) is 23.6 Å². The number of halogens is 4. The van der Waals surface area contributed by atoms with Crippen molar-refractivity contribution >= 4 is 33.4 Å². The van der Waals surface area contributed by atoms with E-state index in [1.165, 1.54) is 11.0 Å². The van der Waals surface area contributed by atoms with Crippen LogP contribution in [0.4, 0.5) is 8.78 Å². The van der Waals surface area contributed by atoms with Crippen LogP contribution in [-0.4, -0.2) is 17.9 Å². The second-order valence-electron chi connectivity index (χ2n) is 4.54. The molecule has 2 nitrogen and oxygen atoms in total. The number of carbonyl (C=O) groups is 1. The quantitative estimate of drug-likeness (QED) is 0.765. The maximum absolute atomic E-state index is 13.2. The highest BCUT2D eigenvalue weighted by Gasteiger charge is 2.14. The Labute approximate surface area is 134 Å². The zero-order chi connectivity index (χ0) is 15.6. The average Bonchev–Trinajstić information content (AvgIpc) is 2.45. The molecule has 2 aromatic rings. The van der Waals surface area contributed by atoms with Gasteiger partial charge in [-0.1, -0.05) is 17.7 Å². The normalized spacial score (nSPS) is 10.5. The average molecular weight is 375 g/mol. The Morgan fingerprint density at radius 1 is 1.19 bits per heavy atom. The summed E-state index contributed by atoms with van der Waals surface area (Å²) < 4.78 is 26.6. The maximum Gasteiger partial charge on any atom is 0.253 e. The Balaban J connectivity index is 2.15. The van der Waals surface area contributed by atoms with Gasteiger partial charge in [0.1, 0.15) is 0 Å². The molecule has 0 radical (unpaired) electrons. The molecule has 0 spiro atoms. The van der Waals surface area contributed by atoms with E-state index in [2.05, 4.69) is 15.9 Å². The first kappa shape index (κ1) is 15.9. The van der Waals surface area contributed by atoms with Gasteiger partial charge in [-0.25, -0.2) is 8.78 Å². The molecule has 0 unspecified atom stereocenters. The molecule has 0 saturated carbocycles. The molecule has 0 saturated heterocycles. The topological polar surface area (TPSA) is 20.3 Å². The van der Waals surface area contributed by atoms with E-state index < -0.39 is 11.6 Å². The summed E-state index contributed by atoms with van der Waals surface area (Å²) in [6, 6.07) is 8.41. The molecule has 0 aliphatic rings. The first-order valence-electron chi connectivity index (χ1n) is 6.03. The Morgan fingerprint density at radius 3 is 2.52 bits per heavy atom. The minimum Gasteiger partial charge on any atom is -0.337 e. The van der Waals surface area contributed by atoms with Crippen molar-refractivity contribution in [1.29, 1.82) is 0 Å². The number of hydrogen-bond acceptors (Lipinski definition) is 1. The first-order chi connectivity index (χ1) is 9.88. The smallest absolute Gasteiger partial charge is 0.253 e. The van der Waals surface area contributed by atoms with E-state index >= 15 is 0 Å². The fourth-order valence-electron chi connectivity index (χ4n) is 1.83. The van der Waals surface area contributed by atoms with Gasteiger partial charge in [0.05, 0.1) is 5.02 Å². The number of amides is 1. The monoisotopic (exact) mass is 373 g/mol. The molecule has 1 amide bonds. The SMILES string of the molecule is CN(Cc1ccc(F)c(F)c1)C(=O)c1ccc(Cl)c(Br)c1. The largest absolute Gasteiger partial charge is 0.337 e. The third-order valence-corrected chi connectivity index (χ3v) is 4.13. The molecule has 0 atom stereocenters. The Morgan fingerprint density at radius 2 is 1.90 bits per heavy atom. The van der Waals surface area contributed by atoms with Crippen LogP contribution < -0.4 is 0 Å². The molecule has 0 aliphatic carbocycles. The second-order valence-corrected chi connectivity index (χ2v) is 5.80. The van der Waals surface area contributed by atoms with Gasteiger partial charge in [-0.3, -0.25) is 4.79 Å². The van der Waals surface area contributed by atoms with Crippen LogP contribution in [0.3, 0.4) is 0 Å². The third-order valence-electron chi connectivity index (χ3n) is 2.92. The van der Waals surface area contributed by atoms with Crippen LogP contribution >= 0.6 is 27.5 Å². The Kier molecular flexibility index (Phi) is 4.96. The summed E-state index contributed by atoms with van der Waals surface area (Å²) in [7, 11) is 1.59. The molecule has 0 aliphatic heterocycles. The van der Waals surface area contributed by atoms with Gasteiger partial charge < -0.3 is 4.90 Å². The molecule has 0 aromatic heterocycles. The van der Waals surface area contributed by atoms with E-state index in [0.29, 0.717) is 20.6 Å². The summed E-state index contributed by atoms with van der Waals surface area (Å²) in [5.41, 5.74) is 0.967. The maximum atomic E-state index is 13.2. The lowest BCUT2D eigenvalue weighted by Crippen LogP contribution is -2.26. The van der Waals surface area contributed by atoms with Crippen LogP contribution in [0.15, 0.2) is 40.9 Å². The fourth-order valence-corrected chi connectivity index (χ4v) is 2.33. The summed E-state index contributed by atoms with van der Waals surface area (Å²) in [5.74, 6) is -2.07. The van der Waals surface area contributed by atoms with E-state index in [4.69, 9.17) is 11.6 Å². The van der Waals surface area contributed by atoms with Crippen molar-refractivity contribution in [3.05, 3.63) is 68.7 Å². The molecular formula is C15H11BrClF2NO. The Hall–Kier alpha value is -1.46. The molecule has 2 rings (SSSR count). The van der Waals surface area contributed by atoms with Crippen LogP contribution in [-0.2, 0) is 6.54 Å². The second kappa shape index (κ2) is 6.54. The number of hydrogen-bond donors (Lipinski definition) is 0. The van der Waals surface area contributed by atoms with Crippen molar-refractivity contribution in [2.24, 2.45) is 0 Å². The van der Waals surface area contributed by atoms with Gasteiger partial charge >= 0.3 is 0 Å². The highest BCUT2D eigenvalue weighted by molar-refractivity contribution is 9.10. The number of carbonyl (C=O) groups excluding carboxylic acids is 1. The highest BCUT2D eigenvalue weighted by Crippen LogP contribution is 2.24. The zero-order valence-electron chi connectivity index (χ0n) is 11.0.